The number of carbonyl (C=O) groups is 1. The zero-order chi connectivity index (χ0) is 10.8. The van der Waals surface area contributed by atoms with Crippen molar-refractivity contribution < 1.29 is 29.9 Å². The van der Waals surface area contributed by atoms with Crippen molar-refractivity contribution in [1.29, 1.82) is 0 Å². The second-order valence-electron chi connectivity index (χ2n) is 2.31. The van der Waals surface area contributed by atoms with Crippen LogP contribution in [0.3, 0.4) is 0 Å². The summed E-state index contributed by atoms with van der Waals surface area (Å²) in [6.45, 7) is 0. The monoisotopic (exact) mass is 260 g/mol. The van der Waals surface area contributed by atoms with E-state index < -0.39 is 22.1 Å². The first-order valence-corrected chi connectivity index (χ1v) is 4.76. The van der Waals surface area contributed by atoms with Crippen molar-refractivity contribution in [1.82, 2.24) is 0 Å². The summed E-state index contributed by atoms with van der Waals surface area (Å²) in [5.41, 5.74) is -0.342. The Morgan fingerprint density at radius 2 is 1.87 bits per heavy atom. The van der Waals surface area contributed by atoms with Crippen LogP contribution in [0.4, 0.5) is 0 Å². The number of aromatic carboxylic acids is 1. The molecule has 80 valence electrons. The van der Waals surface area contributed by atoms with Crippen LogP contribution in [0, 0.1) is 0 Å². The van der Waals surface area contributed by atoms with Gasteiger partial charge in [0.05, 0.1) is 0 Å². The second kappa shape index (κ2) is 5.66. The molecule has 0 aliphatic carbocycles. The van der Waals surface area contributed by atoms with Gasteiger partial charge in [0.2, 0.25) is 0 Å². The molecule has 0 unspecified atom stereocenters. The second-order valence-corrected chi connectivity index (χ2v) is 3.33. The Labute approximate surface area is 119 Å². The summed E-state index contributed by atoms with van der Waals surface area (Å²) in [5.74, 6) is -1.77. The van der Waals surface area contributed by atoms with Crippen molar-refractivity contribution in [3.63, 3.8) is 0 Å². The van der Waals surface area contributed by atoms with Gasteiger partial charge in [-0.1, -0.05) is 12.1 Å². The molecule has 0 heterocycles. The van der Waals surface area contributed by atoms with Gasteiger partial charge in [0.1, 0.15) is 5.56 Å². The van der Waals surface area contributed by atoms with Gasteiger partial charge >= 0.3 is 54.1 Å². The maximum absolute atomic E-state index is 10.6. The summed E-state index contributed by atoms with van der Waals surface area (Å²) >= 11 is 0. The molecule has 0 saturated heterocycles. The summed E-state index contributed by atoms with van der Waals surface area (Å²) in [7, 11) is -4.70. The molecule has 0 aliphatic heterocycles. The summed E-state index contributed by atoms with van der Waals surface area (Å²) in [5, 5.41) is 8.61. The summed E-state index contributed by atoms with van der Waals surface area (Å²) in [6.07, 6.45) is 0. The largest absolute Gasteiger partial charge is 2.00 e. The SMILES string of the molecule is O=C(O)c1ccccc1OS(=O)(=O)O.[Ca+2].[H-].[H-]. The number of hydrogen-bond donors (Lipinski definition) is 2. The Kier molecular flexibility index (Phi) is 5.54. The molecule has 0 amide bonds. The van der Waals surface area contributed by atoms with Crippen LogP contribution in [0.2, 0.25) is 0 Å². The molecule has 0 bridgehead atoms. The van der Waals surface area contributed by atoms with Crippen LogP contribution in [0.5, 0.6) is 5.75 Å². The Balaban J connectivity index is -0.000000653. The smallest absolute Gasteiger partial charge is 1.00 e. The average molecular weight is 260 g/mol. The van der Waals surface area contributed by atoms with Crippen LogP contribution >= 0.6 is 0 Å². The summed E-state index contributed by atoms with van der Waals surface area (Å²) < 4.78 is 33.0. The van der Waals surface area contributed by atoms with Crippen molar-refractivity contribution >= 4 is 54.1 Å². The number of benzene rings is 1. The van der Waals surface area contributed by atoms with Gasteiger partial charge in [-0.05, 0) is 12.1 Å². The molecule has 0 spiro atoms. The molecule has 0 saturated carbocycles. The van der Waals surface area contributed by atoms with E-state index in [0.717, 1.165) is 12.1 Å². The molecule has 15 heavy (non-hydrogen) atoms. The van der Waals surface area contributed by atoms with Crippen LogP contribution in [-0.4, -0.2) is 61.8 Å². The van der Waals surface area contributed by atoms with Crippen molar-refractivity contribution in [3.8, 4) is 5.75 Å². The fourth-order valence-electron chi connectivity index (χ4n) is 0.829. The molecule has 0 atom stereocenters. The summed E-state index contributed by atoms with van der Waals surface area (Å²) in [4.78, 5) is 10.6. The van der Waals surface area contributed by atoms with Gasteiger partial charge in [-0.15, -0.1) is 0 Å². The molecule has 1 rings (SSSR count). The minimum Gasteiger partial charge on any atom is -1.00 e. The van der Waals surface area contributed by atoms with E-state index in [-0.39, 0.29) is 46.2 Å². The van der Waals surface area contributed by atoms with Crippen LogP contribution in [0.1, 0.15) is 13.2 Å². The predicted molar refractivity (Wildman–Crippen MR) is 53.6 cm³/mol. The van der Waals surface area contributed by atoms with Crippen molar-refractivity contribution in [3.05, 3.63) is 29.8 Å². The van der Waals surface area contributed by atoms with E-state index in [1.54, 1.807) is 0 Å². The van der Waals surface area contributed by atoms with Gasteiger partial charge in [0.15, 0.2) is 5.75 Å². The van der Waals surface area contributed by atoms with Gasteiger partial charge in [0.25, 0.3) is 0 Å². The van der Waals surface area contributed by atoms with Gasteiger partial charge in [-0.3, -0.25) is 4.55 Å². The normalized spacial score (nSPS) is 10.2. The number of carboxylic acid groups (broad SMARTS) is 1. The van der Waals surface area contributed by atoms with Crippen LogP contribution in [0.15, 0.2) is 24.3 Å². The molecule has 2 N–H and O–H groups in total. The van der Waals surface area contributed by atoms with E-state index in [2.05, 4.69) is 4.18 Å². The number of para-hydroxylation sites is 1. The summed E-state index contributed by atoms with van der Waals surface area (Å²) in [6, 6.07) is 5.06. The molecule has 1 aromatic carbocycles. The first kappa shape index (κ1) is 14.7. The quantitative estimate of drug-likeness (QED) is 0.603. The topological polar surface area (TPSA) is 101 Å². The van der Waals surface area contributed by atoms with E-state index in [1.165, 1.54) is 12.1 Å². The zero-order valence-corrected chi connectivity index (χ0v) is 10.5. The average Bonchev–Trinajstić information content (AvgIpc) is 2.01. The molecule has 0 radical (unpaired) electrons. The number of carboxylic acids is 1. The molecule has 6 nitrogen and oxygen atoms in total. The fourth-order valence-corrected chi connectivity index (χ4v) is 1.20. The van der Waals surface area contributed by atoms with E-state index in [0.29, 0.717) is 0 Å². The molecule has 1 aromatic rings. The molecule has 0 aromatic heterocycles. The molecule has 8 heteroatoms. The first-order chi connectivity index (χ1) is 6.40. The Hall–Kier alpha value is -0.340. The predicted octanol–water partition coefficient (Wildman–Crippen LogP) is 0.411. The third-order valence-electron chi connectivity index (χ3n) is 1.31. The number of hydrogen-bond acceptors (Lipinski definition) is 4. The standard InChI is InChI=1S/C7H6O6S.Ca.2H/c8-7(9)5-3-1-2-4-6(5)13-14(10,11)12;;;/h1-4H,(H,8,9)(H,10,11,12);;;/q;+2;2*-1. The van der Waals surface area contributed by atoms with Crippen molar-refractivity contribution in [2.24, 2.45) is 0 Å². The fraction of sp³-hybridized carbons (Fsp3) is 0. The van der Waals surface area contributed by atoms with Crippen molar-refractivity contribution in [2.45, 2.75) is 0 Å². The Bertz CT molecular complexity index is 463. The molecular weight excluding hydrogens is 252 g/mol. The minimum absolute atomic E-state index is 0. The molecule has 0 aliphatic rings. The Morgan fingerprint density at radius 3 is 2.33 bits per heavy atom. The third kappa shape index (κ3) is 4.80. The van der Waals surface area contributed by atoms with Crippen LogP contribution < -0.4 is 4.18 Å². The molecule has 0 fully saturated rings. The van der Waals surface area contributed by atoms with Crippen molar-refractivity contribution in [2.75, 3.05) is 0 Å². The van der Waals surface area contributed by atoms with E-state index in [9.17, 15) is 13.2 Å². The maximum atomic E-state index is 10.6. The van der Waals surface area contributed by atoms with Gasteiger partial charge in [-0.2, -0.15) is 8.42 Å². The van der Waals surface area contributed by atoms with E-state index >= 15 is 0 Å². The van der Waals surface area contributed by atoms with Crippen LogP contribution in [0.25, 0.3) is 0 Å². The van der Waals surface area contributed by atoms with Crippen LogP contribution in [-0.2, 0) is 10.4 Å². The minimum atomic E-state index is -4.70. The number of rotatable bonds is 3. The van der Waals surface area contributed by atoms with Gasteiger partial charge in [0, 0.05) is 0 Å². The third-order valence-corrected chi connectivity index (χ3v) is 1.70. The first-order valence-electron chi connectivity index (χ1n) is 3.39. The van der Waals surface area contributed by atoms with Gasteiger partial charge < -0.3 is 12.1 Å². The maximum Gasteiger partial charge on any atom is 2.00 e. The zero-order valence-electron chi connectivity index (χ0n) is 9.45. The van der Waals surface area contributed by atoms with E-state index in [1.807, 2.05) is 0 Å². The van der Waals surface area contributed by atoms with Gasteiger partial charge in [-0.25, -0.2) is 4.79 Å². The Morgan fingerprint density at radius 1 is 1.33 bits per heavy atom. The molecular formula is C7H8CaO6S. The van der Waals surface area contributed by atoms with E-state index in [4.69, 9.17) is 9.66 Å².